The lowest BCUT2D eigenvalue weighted by atomic mass is 9.84. The fourth-order valence-electron chi connectivity index (χ4n) is 5.92. The van der Waals surface area contributed by atoms with Gasteiger partial charge < -0.3 is 30.4 Å². The van der Waals surface area contributed by atoms with Gasteiger partial charge in [0.15, 0.2) is 11.6 Å². The number of hydrogen-bond donors (Lipinski definition) is 4. The number of benzene rings is 3. The Morgan fingerprint density at radius 3 is 2.22 bits per heavy atom. The number of methoxy groups -OCH3 is 1. The fourth-order valence-corrected chi connectivity index (χ4v) is 5.92. The molecule has 3 atom stereocenters. The molecule has 0 spiro atoms. The number of imidazole rings is 1. The van der Waals surface area contributed by atoms with Crippen molar-refractivity contribution in [1.29, 1.82) is 0 Å². The molecule has 6 rings (SSSR count). The summed E-state index contributed by atoms with van der Waals surface area (Å²) in [6.07, 6.45) is 1.43. The molecule has 0 radical (unpaired) electrons. The van der Waals surface area contributed by atoms with E-state index in [-0.39, 0.29) is 41.9 Å². The topological polar surface area (TPSA) is 130 Å². The molecule has 260 valence electrons. The number of carbonyl (C=O) groups excluding carboxylic acids is 2. The Hall–Kier alpha value is -5.41. The molecule has 1 unspecified atom stereocenters. The van der Waals surface area contributed by atoms with Gasteiger partial charge in [0.1, 0.15) is 29.3 Å². The van der Waals surface area contributed by atoms with Gasteiger partial charge in [0.2, 0.25) is 5.91 Å². The van der Waals surface area contributed by atoms with E-state index in [1.165, 1.54) is 54.7 Å². The zero-order chi connectivity index (χ0) is 35.4. The molecule has 1 aliphatic rings. The number of nitrogens with one attached hydrogen (secondary N) is 4. The summed E-state index contributed by atoms with van der Waals surface area (Å²) in [5, 5.41) is 8.47. The predicted molar refractivity (Wildman–Crippen MR) is 172 cm³/mol. The second-order valence-electron chi connectivity index (χ2n) is 11.7. The van der Waals surface area contributed by atoms with Crippen LogP contribution in [0.15, 0.2) is 73.1 Å². The number of morpholine rings is 1. The standard InChI is InChI=1S/C35H31F5N6O4/c1-49-35(48)46-32(31(18-2-6-20(36)7-3-18)19-4-8-21(37)9-5-19)34(47)45-29-16-41-15-26(40)23(29)11-10-22-14-42-30(17-50-22)33-43-27-12-24(38)25(39)13-28(27)44-33/h2-9,12-13,15-16,22,30-32,42H,10-11,14,17H2,1H3,(H,43,44)(H,45,47)(H,46,48)/t22-,30?,32+/m1/s1. The maximum atomic E-state index is 15.2. The van der Waals surface area contributed by atoms with Crippen LogP contribution in [-0.2, 0) is 20.7 Å². The SMILES string of the molecule is COC(=O)N[C@H](C(=O)Nc1cncc(F)c1CC[C@@H]1CNC(c2nc3cc(F)c(F)cc3[nH]2)CO1)C(c1ccc(F)cc1)c1ccc(F)cc1. The van der Waals surface area contributed by atoms with Gasteiger partial charge in [0.05, 0.1) is 55.0 Å². The number of anilines is 1. The summed E-state index contributed by atoms with van der Waals surface area (Å²) in [6.45, 7) is 0.522. The summed E-state index contributed by atoms with van der Waals surface area (Å²) < 4.78 is 81.0. The number of halogens is 5. The van der Waals surface area contributed by atoms with Crippen molar-refractivity contribution in [3.63, 3.8) is 0 Å². The maximum Gasteiger partial charge on any atom is 0.407 e. The number of pyridine rings is 1. The number of aromatic amines is 1. The van der Waals surface area contributed by atoms with E-state index in [2.05, 4.69) is 30.9 Å². The molecule has 5 aromatic rings. The largest absolute Gasteiger partial charge is 0.453 e. The van der Waals surface area contributed by atoms with E-state index in [4.69, 9.17) is 9.47 Å². The third-order valence-electron chi connectivity index (χ3n) is 8.47. The van der Waals surface area contributed by atoms with Crippen molar-refractivity contribution < 1.29 is 41.0 Å². The minimum atomic E-state index is -1.39. The average molecular weight is 695 g/mol. The first kappa shape index (κ1) is 34.5. The summed E-state index contributed by atoms with van der Waals surface area (Å²) in [4.78, 5) is 37.6. The van der Waals surface area contributed by atoms with E-state index < -0.39 is 53.0 Å². The Balaban J connectivity index is 1.18. The van der Waals surface area contributed by atoms with Crippen molar-refractivity contribution in [2.24, 2.45) is 0 Å². The number of fused-ring (bicyclic) bond motifs is 1. The first-order valence-corrected chi connectivity index (χ1v) is 15.6. The van der Waals surface area contributed by atoms with Crippen LogP contribution in [0.3, 0.4) is 0 Å². The molecular formula is C35H31F5N6O4. The van der Waals surface area contributed by atoms with Crippen LogP contribution in [0.2, 0.25) is 0 Å². The van der Waals surface area contributed by atoms with Gasteiger partial charge >= 0.3 is 6.09 Å². The first-order chi connectivity index (χ1) is 24.1. The van der Waals surface area contributed by atoms with Gasteiger partial charge in [-0.2, -0.15) is 0 Å². The van der Waals surface area contributed by atoms with Gasteiger partial charge in [-0.05, 0) is 48.2 Å². The molecule has 1 saturated heterocycles. The Bertz CT molecular complexity index is 1900. The molecule has 3 aromatic carbocycles. The van der Waals surface area contributed by atoms with Crippen molar-refractivity contribution >= 4 is 28.7 Å². The Labute approximate surface area is 282 Å². The van der Waals surface area contributed by atoms with Crippen LogP contribution in [0.5, 0.6) is 0 Å². The van der Waals surface area contributed by atoms with Crippen molar-refractivity contribution in [3.8, 4) is 0 Å². The van der Waals surface area contributed by atoms with E-state index in [0.29, 0.717) is 35.4 Å². The third kappa shape index (κ3) is 7.74. The van der Waals surface area contributed by atoms with E-state index in [0.717, 1.165) is 25.4 Å². The molecule has 4 N–H and O–H groups in total. The highest BCUT2D eigenvalue weighted by atomic mass is 19.2. The van der Waals surface area contributed by atoms with Crippen LogP contribution < -0.4 is 16.0 Å². The average Bonchev–Trinajstić information content (AvgIpc) is 3.52. The predicted octanol–water partition coefficient (Wildman–Crippen LogP) is 5.81. The molecule has 50 heavy (non-hydrogen) atoms. The Morgan fingerprint density at radius 2 is 1.60 bits per heavy atom. The molecule has 1 fully saturated rings. The highest BCUT2D eigenvalue weighted by molar-refractivity contribution is 5.98. The number of amides is 2. The molecule has 0 aliphatic carbocycles. The van der Waals surface area contributed by atoms with Crippen molar-refractivity contribution in [2.75, 3.05) is 25.6 Å². The van der Waals surface area contributed by atoms with Crippen LogP contribution >= 0.6 is 0 Å². The molecule has 3 heterocycles. The number of rotatable bonds is 10. The first-order valence-electron chi connectivity index (χ1n) is 15.6. The Morgan fingerprint density at radius 1 is 0.940 bits per heavy atom. The third-order valence-corrected chi connectivity index (χ3v) is 8.47. The lowest BCUT2D eigenvalue weighted by Gasteiger charge is -2.30. The number of hydrogen-bond acceptors (Lipinski definition) is 7. The highest BCUT2D eigenvalue weighted by Crippen LogP contribution is 2.31. The lowest BCUT2D eigenvalue weighted by Crippen LogP contribution is -2.48. The van der Waals surface area contributed by atoms with Crippen LogP contribution in [0.4, 0.5) is 32.4 Å². The molecule has 2 aromatic heterocycles. The molecule has 1 aliphatic heterocycles. The number of H-pyrrole nitrogens is 1. The van der Waals surface area contributed by atoms with Crippen LogP contribution in [0, 0.1) is 29.1 Å². The summed E-state index contributed by atoms with van der Waals surface area (Å²) in [6, 6.07) is 10.8. The minimum absolute atomic E-state index is 0.0482. The van der Waals surface area contributed by atoms with E-state index in [1.807, 2.05) is 0 Å². The number of aromatic nitrogens is 3. The molecular weight excluding hydrogens is 663 g/mol. The normalized spacial score (nSPS) is 16.7. The number of nitrogens with zero attached hydrogens (tertiary/aromatic N) is 2. The summed E-state index contributed by atoms with van der Waals surface area (Å²) in [5.41, 5.74) is 1.65. The van der Waals surface area contributed by atoms with Gasteiger partial charge in [-0.3, -0.25) is 9.78 Å². The summed E-state index contributed by atoms with van der Waals surface area (Å²) >= 11 is 0. The van der Waals surface area contributed by atoms with Gasteiger partial charge in [-0.25, -0.2) is 31.7 Å². The van der Waals surface area contributed by atoms with Crippen LogP contribution in [-0.4, -0.2) is 59.4 Å². The molecule has 0 bridgehead atoms. The summed E-state index contributed by atoms with van der Waals surface area (Å²) in [5.74, 6) is -5.00. The summed E-state index contributed by atoms with van der Waals surface area (Å²) in [7, 11) is 1.12. The van der Waals surface area contributed by atoms with Gasteiger partial charge in [0, 0.05) is 30.2 Å². The zero-order valence-corrected chi connectivity index (χ0v) is 26.5. The van der Waals surface area contributed by atoms with Crippen molar-refractivity contribution in [1.82, 2.24) is 25.6 Å². The maximum absolute atomic E-state index is 15.2. The monoisotopic (exact) mass is 694 g/mol. The fraction of sp³-hybridized carbons (Fsp3) is 0.257. The number of ether oxygens (including phenoxy) is 2. The van der Waals surface area contributed by atoms with E-state index >= 15 is 4.39 Å². The van der Waals surface area contributed by atoms with E-state index in [9.17, 15) is 27.2 Å². The van der Waals surface area contributed by atoms with E-state index in [1.54, 1.807) is 0 Å². The second kappa shape index (κ2) is 15.0. The molecule has 2 amide bonds. The van der Waals surface area contributed by atoms with Crippen molar-refractivity contribution in [2.45, 2.75) is 36.9 Å². The quantitative estimate of drug-likeness (QED) is 0.136. The lowest BCUT2D eigenvalue weighted by molar-refractivity contribution is -0.118. The van der Waals surface area contributed by atoms with Gasteiger partial charge in [-0.15, -0.1) is 0 Å². The number of carbonyl (C=O) groups is 2. The second-order valence-corrected chi connectivity index (χ2v) is 11.7. The molecule has 15 heteroatoms. The smallest absolute Gasteiger partial charge is 0.407 e. The van der Waals surface area contributed by atoms with Crippen LogP contribution in [0.25, 0.3) is 11.0 Å². The molecule has 0 saturated carbocycles. The minimum Gasteiger partial charge on any atom is -0.453 e. The van der Waals surface area contributed by atoms with Gasteiger partial charge in [0.25, 0.3) is 0 Å². The van der Waals surface area contributed by atoms with Gasteiger partial charge in [-0.1, -0.05) is 24.3 Å². The highest BCUT2D eigenvalue weighted by Gasteiger charge is 2.34. The van der Waals surface area contributed by atoms with Crippen LogP contribution in [0.1, 0.15) is 40.9 Å². The molecule has 10 nitrogen and oxygen atoms in total. The Kier molecular flexibility index (Phi) is 10.3. The number of alkyl carbamates (subject to hydrolysis) is 1. The van der Waals surface area contributed by atoms with Crippen molar-refractivity contribution in [3.05, 3.63) is 125 Å². The zero-order valence-electron chi connectivity index (χ0n) is 26.5.